The molecule has 0 aromatic carbocycles. The quantitative estimate of drug-likeness (QED) is 0.585. The van der Waals surface area contributed by atoms with Crippen molar-refractivity contribution >= 4 is 5.78 Å². The summed E-state index contributed by atoms with van der Waals surface area (Å²) in [6, 6.07) is 1.55. The summed E-state index contributed by atoms with van der Waals surface area (Å²) < 4.78 is 4.85. The van der Waals surface area contributed by atoms with Crippen LogP contribution < -0.4 is 4.74 Å². The van der Waals surface area contributed by atoms with Crippen molar-refractivity contribution in [2.45, 2.75) is 6.92 Å². The fourth-order valence-corrected chi connectivity index (χ4v) is 0.633. The molecule has 0 N–H and O–H groups in total. The van der Waals surface area contributed by atoms with E-state index in [9.17, 15) is 4.79 Å². The zero-order valence-corrected chi connectivity index (χ0v) is 6.37. The molecule has 1 aromatic heterocycles. The fourth-order valence-electron chi connectivity index (χ4n) is 0.633. The van der Waals surface area contributed by atoms with E-state index in [1.807, 2.05) is 0 Å². The maximum atomic E-state index is 10.8. The second kappa shape index (κ2) is 3.09. The summed E-state index contributed by atoms with van der Waals surface area (Å²) >= 11 is 0. The average molecular weight is 152 g/mol. The molecule has 0 bridgehead atoms. The Hall–Kier alpha value is -1.45. The molecule has 0 unspecified atom stereocenters. The van der Waals surface area contributed by atoms with Crippen LogP contribution in [-0.4, -0.2) is 23.1 Å². The Kier molecular flexibility index (Phi) is 2.15. The Bertz CT molecular complexity index is 273. The molecule has 11 heavy (non-hydrogen) atoms. The van der Waals surface area contributed by atoms with Crippen LogP contribution in [0.1, 0.15) is 17.4 Å². The van der Waals surface area contributed by atoms with E-state index in [4.69, 9.17) is 4.74 Å². The van der Waals surface area contributed by atoms with E-state index in [1.165, 1.54) is 20.2 Å². The second-order valence-corrected chi connectivity index (χ2v) is 2.04. The summed E-state index contributed by atoms with van der Waals surface area (Å²) in [6.07, 6.45) is 1.45. The number of methoxy groups -OCH3 is 1. The lowest BCUT2D eigenvalue weighted by Gasteiger charge is -1.97. The fraction of sp³-hybridized carbons (Fsp3) is 0.286. The van der Waals surface area contributed by atoms with E-state index in [0.717, 1.165) is 0 Å². The summed E-state index contributed by atoms with van der Waals surface area (Å²) in [7, 11) is 1.51. The number of carbonyl (C=O) groups excluding carboxylic acids is 1. The van der Waals surface area contributed by atoms with Crippen LogP contribution in [0.15, 0.2) is 12.3 Å². The molecule has 1 rings (SSSR count). The number of rotatable bonds is 2. The number of hydrogen-bond acceptors (Lipinski definition) is 4. The molecule has 0 radical (unpaired) electrons. The van der Waals surface area contributed by atoms with Gasteiger partial charge in [-0.3, -0.25) is 4.79 Å². The van der Waals surface area contributed by atoms with Crippen molar-refractivity contribution in [2.75, 3.05) is 7.11 Å². The molecular formula is C7H8N2O2. The van der Waals surface area contributed by atoms with E-state index in [2.05, 4.69) is 10.2 Å². The van der Waals surface area contributed by atoms with Crippen molar-refractivity contribution < 1.29 is 9.53 Å². The van der Waals surface area contributed by atoms with Gasteiger partial charge in [0.05, 0.1) is 13.3 Å². The first kappa shape index (κ1) is 7.65. The second-order valence-electron chi connectivity index (χ2n) is 2.04. The highest BCUT2D eigenvalue weighted by Gasteiger charge is 2.01. The third-order valence-electron chi connectivity index (χ3n) is 1.23. The minimum atomic E-state index is -0.114. The first-order valence-electron chi connectivity index (χ1n) is 3.11. The van der Waals surface area contributed by atoms with E-state index in [-0.39, 0.29) is 5.78 Å². The maximum absolute atomic E-state index is 10.8. The van der Waals surface area contributed by atoms with Crippen LogP contribution >= 0.6 is 0 Å². The van der Waals surface area contributed by atoms with Gasteiger partial charge < -0.3 is 4.74 Å². The Morgan fingerprint density at radius 1 is 1.64 bits per heavy atom. The number of ketones is 1. The van der Waals surface area contributed by atoms with Crippen LogP contribution in [-0.2, 0) is 0 Å². The van der Waals surface area contributed by atoms with Gasteiger partial charge in [0, 0.05) is 13.0 Å². The number of nitrogens with zero attached hydrogens (tertiary/aromatic N) is 2. The number of ether oxygens (including phenoxy) is 1. The maximum Gasteiger partial charge on any atom is 0.180 e. The molecule has 0 saturated heterocycles. The van der Waals surface area contributed by atoms with E-state index in [0.29, 0.717) is 11.4 Å². The number of Topliss-reactive ketones (excluding diaryl/α,β-unsaturated/α-hetero) is 1. The van der Waals surface area contributed by atoms with E-state index in [1.54, 1.807) is 6.07 Å². The lowest BCUT2D eigenvalue weighted by atomic mass is 10.3. The molecule has 58 valence electrons. The summed E-state index contributed by atoms with van der Waals surface area (Å²) in [6.45, 7) is 1.43. The Morgan fingerprint density at radius 3 is 2.91 bits per heavy atom. The van der Waals surface area contributed by atoms with Crippen molar-refractivity contribution in [3.63, 3.8) is 0 Å². The monoisotopic (exact) mass is 152 g/mol. The molecule has 0 fully saturated rings. The van der Waals surface area contributed by atoms with Crippen LogP contribution in [0, 0.1) is 0 Å². The van der Waals surface area contributed by atoms with Crippen molar-refractivity contribution in [2.24, 2.45) is 0 Å². The molecule has 0 aliphatic carbocycles. The normalized spacial score (nSPS) is 9.27. The average Bonchev–Trinajstić information content (AvgIpc) is 2.05. The summed E-state index contributed by atoms with van der Waals surface area (Å²) in [5, 5.41) is 7.19. The molecule has 1 heterocycles. The largest absolute Gasteiger partial charge is 0.495 e. The van der Waals surface area contributed by atoms with Gasteiger partial charge in [-0.25, -0.2) is 0 Å². The number of aromatic nitrogens is 2. The Morgan fingerprint density at radius 2 is 2.36 bits per heavy atom. The van der Waals surface area contributed by atoms with Crippen LogP contribution in [0.25, 0.3) is 0 Å². The molecule has 4 nitrogen and oxygen atoms in total. The highest BCUT2D eigenvalue weighted by molar-refractivity contribution is 5.92. The van der Waals surface area contributed by atoms with Crippen LogP contribution in [0.4, 0.5) is 0 Å². The van der Waals surface area contributed by atoms with Gasteiger partial charge in [0.25, 0.3) is 0 Å². The molecule has 0 aliphatic heterocycles. The first-order valence-corrected chi connectivity index (χ1v) is 3.11. The molecule has 0 spiro atoms. The predicted molar refractivity (Wildman–Crippen MR) is 38.6 cm³/mol. The van der Waals surface area contributed by atoms with Crippen LogP contribution in [0.3, 0.4) is 0 Å². The molecule has 0 atom stereocenters. The highest BCUT2D eigenvalue weighted by atomic mass is 16.5. The van der Waals surface area contributed by atoms with Crippen LogP contribution in [0.2, 0.25) is 0 Å². The summed E-state index contributed by atoms with van der Waals surface area (Å²) in [5.41, 5.74) is 0.323. The zero-order chi connectivity index (χ0) is 8.27. The SMILES string of the molecule is COc1cnnc(C(C)=O)c1. The highest BCUT2D eigenvalue weighted by Crippen LogP contribution is 2.07. The summed E-state index contributed by atoms with van der Waals surface area (Å²) in [5.74, 6) is 0.432. The van der Waals surface area contributed by atoms with Crippen molar-refractivity contribution in [3.05, 3.63) is 18.0 Å². The lowest BCUT2D eigenvalue weighted by Crippen LogP contribution is -1.98. The third kappa shape index (κ3) is 1.73. The van der Waals surface area contributed by atoms with Gasteiger partial charge in [-0.2, -0.15) is 5.10 Å². The molecule has 4 heteroatoms. The van der Waals surface area contributed by atoms with Crippen molar-refractivity contribution in [1.29, 1.82) is 0 Å². The topological polar surface area (TPSA) is 52.1 Å². The van der Waals surface area contributed by atoms with Crippen LogP contribution in [0.5, 0.6) is 5.75 Å². The number of hydrogen-bond donors (Lipinski definition) is 0. The predicted octanol–water partition coefficient (Wildman–Crippen LogP) is 0.688. The molecule has 0 aliphatic rings. The minimum Gasteiger partial charge on any atom is -0.495 e. The minimum absolute atomic E-state index is 0.114. The molecular weight excluding hydrogens is 144 g/mol. The Labute approximate surface area is 64.2 Å². The third-order valence-corrected chi connectivity index (χ3v) is 1.23. The van der Waals surface area contributed by atoms with Gasteiger partial charge in [-0.05, 0) is 0 Å². The van der Waals surface area contributed by atoms with E-state index >= 15 is 0 Å². The van der Waals surface area contributed by atoms with Gasteiger partial charge in [-0.1, -0.05) is 0 Å². The van der Waals surface area contributed by atoms with Gasteiger partial charge in [0.15, 0.2) is 5.78 Å². The Balaban J connectivity index is 3.01. The van der Waals surface area contributed by atoms with Gasteiger partial charge in [0.1, 0.15) is 11.4 Å². The first-order chi connectivity index (χ1) is 5.24. The molecule has 0 amide bonds. The standard InChI is InChI=1S/C7H8N2O2/c1-5(10)7-3-6(11-2)4-8-9-7/h3-4H,1-2H3. The zero-order valence-electron chi connectivity index (χ0n) is 6.37. The van der Waals surface area contributed by atoms with Crippen molar-refractivity contribution in [1.82, 2.24) is 10.2 Å². The molecule has 0 saturated carbocycles. The van der Waals surface area contributed by atoms with Gasteiger partial charge in [-0.15, -0.1) is 5.10 Å². The van der Waals surface area contributed by atoms with Crippen molar-refractivity contribution in [3.8, 4) is 5.75 Å². The summed E-state index contributed by atoms with van der Waals surface area (Å²) in [4.78, 5) is 10.8. The van der Waals surface area contributed by atoms with Gasteiger partial charge >= 0.3 is 0 Å². The smallest absolute Gasteiger partial charge is 0.180 e. The van der Waals surface area contributed by atoms with Gasteiger partial charge in [0.2, 0.25) is 0 Å². The lowest BCUT2D eigenvalue weighted by molar-refractivity contribution is 0.101. The molecule has 1 aromatic rings. The van der Waals surface area contributed by atoms with E-state index < -0.39 is 0 Å². The number of carbonyl (C=O) groups is 1.